The summed E-state index contributed by atoms with van der Waals surface area (Å²) in [6, 6.07) is 13.3. The van der Waals surface area contributed by atoms with Crippen molar-refractivity contribution in [3.63, 3.8) is 0 Å². The van der Waals surface area contributed by atoms with Crippen LogP contribution in [0.25, 0.3) is 0 Å². The van der Waals surface area contributed by atoms with E-state index in [1.54, 1.807) is 29.6 Å². The molecule has 2 heterocycles. The van der Waals surface area contributed by atoms with Crippen molar-refractivity contribution in [2.24, 2.45) is 5.92 Å². The smallest absolute Gasteiger partial charge is 0.243 e. The van der Waals surface area contributed by atoms with Crippen molar-refractivity contribution in [3.05, 3.63) is 53.6 Å². The molecule has 8 heteroatoms. The summed E-state index contributed by atoms with van der Waals surface area (Å²) in [5.41, 5.74) is 2.74. The van der Waals surface area contributed by atoms with Gasteiger partial charge in [-0.05, 0) is 93.4 Å². The number of nitrogens with one attached hydrogen (secondary N) is 1. The van der Waals surface area contributed by atoms with Gasteiger partial charge in [0, 0.05) is 18.8 Å². The lowest BCUT2D eigenvalue weighted by Crippen LogP contribution is -2.39. The maximum atomic E-state index is 13.0. The molecular formula is C27H37N3O4S. The second-order valence-corrected chi connectivity index (χ2v) is 11.7. The number of likely N-dealkylation sites (tertiary alicyclic amines) is 1. The summed E-state index contributed by atoms with van der Waals surface area (Å²) >= 11 is 0. The number of nitrogens with zero attached hydrogens (tertiary/aromatic N) is 2. The predicted octanol–water partition coefficient (Wildman–Crippen LogP) is 4.07. The third-order valence-corrected chi connectivity index (χ3v) is 9.09. The van der Waals surface area contributed by atoms with Crippen molar-refractivity contribution in [3.8, 4) is 5.75 Å². The van der Waals surface area contributed by atoms with Crippen molar-refractivity contribution >= 4 is 21.6 Å². The van der Waals surface area contributed by atoms with Gasteiger partial charge in [-0.25, -0.2) is 8.42 Å². The number of carbonyl (C=O) groups excluding carboxylic acids is 1. The molecular weight excluding hydrogens is 462 g/mol. The summed E-state index contributed by atoms with van der Waals surface area (Å²) in [6.07, 6.45) is 6.02. The topological polar surface area (TPSA) is 79.0 Å². The molecule has 1 amide bonds. The molecule has 0 aliphatic carbocycles. The van der Waals surface area contributed by atoms with Crippen molar-refractivity contribution < 1.29 is 17.9 Å². The highest BCUT2D eigenvalue weighted by atomic mass is 32.2. The minimum Gasteiger partial charge on any atom is -0.497 e. The second-order valence-electron chi connectivity index (χ2n) is 9.76. The van der Waals surface area contributed by atoms with E-state index in [2.05, 4.69) is 22.3 Å². The Morgan fingerprint density at radius 3 is 2.34 bits per heavy atom. The first-order valence-electron chi connectivity index (χ1n) is 12.6. The van der Waals surface area contributed by atoms with E-state index in [0.717, 1.165) is 62.9 Å². The second kappa shape index (κ2) is 11.5. The number of hydrogen-bond donors (Lipinski definition) is 1. The molecule has 1 N–H and O–H groups in total. The van der Waals surface area contributed by atoms with E-state index in [9.17, 15) is 13.2 Å². The molecule has 0 aromatic heterocycles. The van der Waals surface area contributed by atoms with Crippen LogP contribution in [0.5, 0.6) is 5.75 Å². The summed E-state index contributed by atoms with van der Waals surface area (Å²) < 4.78 is 32.9. The Morgan fingerprint density at radius 1 is 1.00 bits per heavy atom. The molecule has 2 aromatic carbocycles. The SMILES string of the molecule is COc1ccc(CC2CCN(CC(=O)Nc3cc(S(=O)(=O)N4CCCCC4)ccc3C)CC2)cc1. The van der Waals surface area contributed by atoms with Crippen LogP contribution in [-0.2, 0) is 21.2 Å². The molecule has 0 unspecified atom stereocenters. The lowest BCUT2D eigenvalue weighted by atomic mass is 9.90. The third-order valence-electron chi connectivity index (χ3n) is 7.19. The zero-order valence-electron chi connectivity index (χ0n) is 20.8. The summed E-state index contributed by atoms with van der Waals surface area (Å²) in [5.74, 6) is 1.38. The van der Waals surface area contributed by atoms with E-state index in [0.29, 0.717) is 31.2 Å². The molecule has 2 aliphatic rings. The average Bonchev–Trinajstić information content (AvgIpc) is 2.87. The molecule has 0 bridgehead atoms. The largest absolute Gasteiger partial charge is 0.497 e. The molecule has 7 nitrogen and oxygen atoms in total. The zero-order chi connectivity index (χ0) is 24.8. The van der Waals surface area contributed by atoms with Crippen molar-refractivity contribution in [2.45, 2.75) is 50.3 Å². The molecule has 4 rings (SSSR count). The summed E-state index contributed by atoms with van der Waals surface area (Å²) in [4.78, 5) is 15.2. The molecule has 35 heavy (non-hydrogen) atoms. The average molecular weight is 500 g/mol. The van der Waals surface area contributed by atoms with E-state index >= 15 is 0 Å². The molecule has 2 saturated heterocycles. The number of benzene rings is 2. The number of ether oxygens (including phenoxy) is 1. The van der Waals surface area contributed by atoms with Gasteiger partial charge < -0.3 is 10.1 Å². The maximum Gasteiger partial charge on any atom is 0.243 e. The van der Waals surface area contributed by atoms with Crippen LogP contribution in [0.3, 0.4) is 0 Å². The minimum atomic E-state index is -3.54. The summed E-state index contributed by atoms with van der Waals surface area (Å²) in [6.45, 7) is 5.10. The van der Waals surface area contributed by atoms with Gasteiger partial charge in [-0.3, -0.25) is 9.69 Å². The van der Waals surface area contributed by atoms with Crippen LogP contribution in [0.2, 0.25) is 0 Å². The lowest BCUT2D eigenvalue weighted by Gasteiger charge is -2.31. The summed E-state index contributed by atoms with van der Waals surface area (Å²) in [5, 5.41) is 2.96. The number of hydrogen-bond acceptors (Lipinski definition) is 5. The van der Waals surface area contributed by atoms with E-state index in [4.69, 9.17) is 4.74 Å². The van der Waals surface area contributed by atoms with E-state index in [-0.39, 0.29) is 10.8 Å². The lowest BCUT2D eigenvalue weighted by molar-refractivity contribution is -0.117. The normalized spacial score (nSPS) is 18.3. The standard InChI is InChI=1S/C27H37N3O4S/c1-21-6-11-25(35(32,33)30-14-4-3-5-15-30)19-26(21)28-27(31)20-29-16-12-23(13-17-29)18-22-7-9-24(34-2)10-8-22/h6-11,19,23H,3-5,12-18,20H2,1-2H3,(H,28,31). The molecule has 0 saturated carbocycles. The fraction of sp³-hybridized carbons (Fsp3) is 0.519. The van der Waals surface area contributed by atoms with Crippen molar-refractivity contribution in [2.75, 3.05) is 45.2 Å². The summed E-state index contributed by atoms with van der Waals surface area (Å²) in [7, 11) is -1.86. The Labute approximate surface area is 209 Å². The highest BCUT2D eigenvalue weighted by Gasteiger charge is 2.27. The molecule has 2 fully saturated rings. The van der Waals surface area contributed by atoms with Crippen molar-refractivity contribution in [1.29, 1.82) is 0 Å². The molecule has 0 spiro atoms. The number of carbonyl (C=O) groups is 1. The quantitative estimate of drug-likeness (QED) is 0.592. The number of anilines is 1. The Hall–Kier alpha value is -2.42. The number of rotatable bonds is 8. The molecule has 2 aromatic rings. The predicted molar refractivity (Wildman–Crippen MR) is 138 cm³/mol. The first-order valence-corrected chi connectivity index (χ1v) is 14.0. The fourth-order valence-corrected chi connectivity index (χ4v) is 6.53. The van der Waals surface area contributed by atoms with E-state index < -0.39 is 10.0 Å². The number of methoxy groups -OCH3 is 1. The Morgan fingerprint density at radius 2 is 1.69 bits per heavy atom. The van der Waals surface area contributed by atoms with Gasteiger partial charge in [-0.2, -0.15) is 4.31 Å². The van der Waals surface area contributed by atoms with Crippen LogP contribution in [0.4, 0.5) is 5.69 Å². The maximum absolute atomic E-state index is 13.0. The number of aryl methyl sites for hydroxylation is 1. The zero-order valence-corrected chi connectivity index (χ0v) is 21.6. The molecule has 2 aliphatic heterocycles. The van der Waals surface area contributed by atoms with Gasteiger partial charge in [0.1, 0.15) is 5.75 Å². The van der Waals surface area contributed by atoms with Crippen molar-refractivity contribution in [1.82, 2.24) is 9.21 Å². The molecule has 190 valence electrons. The Kier molecular flexibility index (Phi) is 8.46. The molecule has 0 atom stereocenters. The van der Waals surface area contributed by atoms with E-state index in [1.807, 2.05) is 19.1 Å². The fourth-order valence-electron chi connectivity index (χ4n) is 4.99. The van der Waals surface area contributed by atoms with Gasteiger partial charge in [0.05, 0.1) is 18.6 Å². The van der Waals surface area contributed by atoms with Gasteiger partial charge in [0.15, 0.2) is 0 Å². The Balaban J connectivity index is 1.29. The van der Waals surface area contributed by atoms with Gasteiger partial charge in [-0.15, -0.1) is 0 Å². The van der Waals surface area contributed by atoms with E-state index in [1.165, 1.54) is 5.56 Å². The van der Waals surface area contributed by atoms with Crippen LogP contribution in [0.15, 0.2) is 47.4 Å². The number of piperidine rings is 2. The van der Waals surface area contributed by atoms with Crippen LogP contribution in [-0.4, -0.2) is 63.4 Å². The monoisotopic (exact) mass is 499 g/mol. The first kappa shape index (κ1) is 25.7. The highest BCUT2D eigenvalue weighted by molar-refractivity contribution is 7.89. The number of sulfonamides is 1. The van der Waals surface area contributed by atoms with Crippen LogP contribution >= 0.6 is 0 Å². The first-order chi connectivity index (χ1) is 16.8. The van der Waals surface area contributed by atoms with Gasteiger partial charge in [0.25, 0.3) is 0 Å². The minimum absolute atomic E-state index is 0.103. The third kappa shape index (κ3) is 6.63. The molecule has 0 radical (unpaired) electrons. The van der Waals surface area contributed by atoms with Gasteiger partial charge >= 0.3 is 0 Å². The van der Waals surface area contributed by atoms with Gasteiger partial charge in [-0.1, -0.05) is 24.6 Å². The van der Waals surface area contributed by atoms with Crippen LogP contribution in [0, 0.1) is 12.8 Å². The Bertz CT molecular complexity index is 1100. The van der Waals surface area contributed by atoms with Gasteiger partial charge in [0.2, 0.25) is 15.9 Å². The number of amides is 1. The van der Waals surface area contributed by atoms with Crippen LogP contribution < -0.4 is 10.1 Å². The van der Waals surface area contributed by atoms with Crippen LogP contribution in [0.1, 0.15) is 43.2 Å². The highest BCUT2D eigenvalue weighted by Crippen LogP contribution is 2.26.